The number of rotatable bonds is 5. The normalized spacial score (nSPS) is 14.3. The van der Waals surface area contributed by atoms with Crippen molar-refractivity contribution in [3.8, 4) is 0 Å². The third-order valence-corrected chi connectivity index (χ3v) is 5.42. The number of hydrogen-bond acceptors (Lipinski definition) is 6. The van der Waals surface area contributed by atoms with E-state index < -0.39 is 23.1 Å². The van der Waals surface area contributed by atoms with E-state index in [1.165, 1.54) is 20.2 Å². The Bertz CT molecular complexity index is 785. The van der Waals surface area contributed by atoms with Crippen LogP contribution in [-0.4, -0.2) is 59.0 Å². The van der Waals surface area contributed by atoms with Gasteiger partial charge in [0, 0.05) is 27.9 Å². The predicted octanol–water partition coefficient (Wildman–Crippen LogP) is 2.96. The maximum Gasteiger partial charge on any atom is 0.336 e. The summed E-state index contributed by atoms with van der Waals surface area (Å²) in [6.07, 6.45) is 3.14. The highest BCUT2D eigenvalue weighted by Crippen LogP contribution is 2.18. The monoisotopic (exact) mass is 521 g/mol. The molecule has 0 saturated heterocycles. The standard InChI is InChI=1S/C12H12BrN3O2.C4H7BrO3.C2H6/c1-12(18,6-13)11(17)16-9-2-3-10-8(4-9)5-14-7-15-10;1-4(8,2-5)3(6)7;1-2/h2-5,7,18H,6H2,1H3,(H,16,17);8H,2H2,1H3,(H,6,7);1-2H3/t12-;4-;/m00./s1. The highest BCUT2D eigenvalue weighted by Gasteiger charge is 2.29. The largest absolute Gasteiger partial charge is 0.479 e. The van der Waals surface area contributed by atoms with Gasteiger partial charge in [-0.05, 0) is 32.0 Å². The van der Waals surface area contributed by atoms with Gasteiger partial charge < -0.3 is 20.6 Å². The molecular formula is C18H25Br2N3O5. The molecule has 2 aromatic rings. The maximum absolute atomic E-state index is 11.8. The molecular weight excluding hydrogens is 498 g/mol. The molecule has 4 N–H and O–H groups in total. The number of amides is 1. The number of aliphatic hydroxyl groups is 2. The van der Waals surface area contributed by atoms with Crippen LogP contribution in [0.2, 0.25) is 0 Å². The summed E-state index contributed by atoms with van der Waals surface area (Å²) in [5.41, 5.74) is -1.67. The van der Waals surface area contributed by atoms with Crippen molar-refractivity contribution in [1.82, 2.24) is 9.97 Å². The van der Waals surface area contributed by atoms with Gasteiger partial charge in [-0.25, -0.2) is 14.8 Å². The first-order valence-electron chi connectivity index (χ1n) is 8.35. The molecule has 2 rings (SSSR count). The first-order chi connectivity index (χ1) is 13.0. The Balaban J connectivity index is 0.000000618. The second-order valence-electron chi connectivity index (χ2n) is 5.87. The van der Waals surface area contributed by atoms with Crippen LogP contribution in [0.3, 0.4) is 0 Å². The lowest BCUT2D eigenvalue weighted by Gasteiger charge is -2.19. The Morgan fingerprint density at radius 3 is 2.14 bits per heavy atom. The molecule has 0 aliphatic heterocycles. The fourth-order valence-electron chi connectivity index (χ4n) is 1.45. The van der Waals surface area contributed by atoms with Crippen molar-refractivity contribution in [1.29, 1.82) is 0 Å². The number of nitrogens with one attached hydrogen (secondary N) is 1. The average Bonchev–Trinajstić information content (AvgIpc) is 2.69. The summed E-state index contributed by atoms with van der Waals surface area (Å²) in [5.74, 6) is -1.68. The smallest absolute Gasteiger partial charge is 0.336 e. The van der Waals surface area contributed by atoms with Gasteiger partial charge in [-0.1, -0.05) is 45.7 Å². The van der Waals surface area contributed by atoms with Gasteiger partial charge in [0.15, 0.2) is 5.60 Å². The van der Waals surface area contributed by atoms with Gasteiger partial charge in [0.2, 0.25) is 0 Å². The van der Waals surface area contributed by atoms with Crippen LogP contribution in [0.15, 0.2) is 30.7 Å². The fraction of sp³-hybridized carbons (Fsp3) is 0.444. The van der Waals surface area contributed by atoms with Gasteiger partial charge in [0.05, 0.1) is 5.52 Å². The number of aromatic nitrogens is 2. The third-order valence-electron chi connectivity index (χ3n) is 3.23. The molecule has 1 heterocycles. The molecule has 0 unspecified atom stereocenters. The molecule has 1 aromatic carbocycles. The number of carboxylic acid groups (broad SMARTS) is 1. The second-order valence-corrected chi connectivity index (χ2v) is 6.99. The molecule has 0 fully saturated rings. The van der Waals surface area contributed by atoms with E-state index in [-0.39, 0.29) is 10.7 Å². The highest BCUT2D eigenvalue weighted by molar-refractivity contribution is 9.09. The molecule has 10 heteroatoms. The van der Waals surface area contributed by atoms with Crippen molar-refractivity contribution in [2.24, 2.45) is 0 Å². The highest BCUT2D eigenvalue weighted by atomic mass is 79.9. The van der Waals surface area contributed by atoms with Gasteiger partial charge in [-0.2, -0.15) is 0 Å². The lowest BCUT2D eigenvalue weighted by atomic mass is 10.1. The summed E-state index contributed by atoms with van der Waals surface area (Å²) in [6.45, 7) is 6.67. The van der Waals surface area contributed by atoms with Crippen molar-refractivity contribution < 1.29 is 24.9 Å². The Kier molecular flexibility index (Phi) is 11.4. The Hall–Kier alpha value is -1.62. The van der Waals surface area contributed by atoms with Crippen LogP contribution in [-0.2, 0) is 9.59 Å². The quantitative estimate of drug-likeness (QED) is 0.443. The van der Waals surface area contributed by atoms with Crippen LogP contribution >= 0.6 is 31.9 Å². The predicted molar refractivity (Wildman–Crippen MR) is 116 cm³/mol. The number of carbonyl (C=O) groups is 2. The van der Waals surface area contributed by atoms with E-state index in [0.29, 0.717) is 5.69 Å². The number of halogens is 2. The number of carbonyl (C=O) groups excluding carboxylic acids is 1. The van der Waals surface area contributed by atoms with E-state index in [1.807, 2.05) is 13.8 Å². The summed E-state index contributed by atoms with van der Waals surface area (Å²) in [6, 6.07) is 5.28. The summed E-state index contributed by atoms with van der Waals surface area (Å²) in [5, 5.41) is 30.4. The average molecular weight is 523 g/mol. The lowest BCUT2D eigenvalue weighted by molar-refractivity contribution is -0.154. The zero-order valence-corrected chi connectivity index (χ0v) is 19.3. The Labute approximate surface area is 180 Å². The van der Waals surface area contributed by atoms with Crippen molar-refractivity contribution in [2.75, 3.05) is 16.0 Å². The van der Waals surface area contributed by atoms with E-state index in [2.05, 4.69) is 47.1 Å². The number of nitrogens with zero attached hydrogens (tertiary/aromatic N) is 2. The molecule has 1 aromatic heterocycles. The number of anilines is 1. The molecule has 0 aliphatic carbocycles. The summed E-state index contributed by atoms with van der Waals surface area (Å²) in [7, 11) is 0. The van der Waals surface area contributed by atoms with Gasteiger partial charge in [0.25, 0.3) is 5.91 Å². The van der Waals surface area contributed by atoms with Gasteiger partial charge in [-0.15, -0.1) is 0 Å². The maximum atomic E-state index is 11.8. The number of aliphatic carboxylic acids is 1. The summed E-state index contributed by atoms with van der Waals surface area (Å²) >= 11 is 5.93. The zero-order chi connectivity index (χ0) is 22.0. The molecule has 28 heavy (non-hydrogen) atoms. The number of fused-ring (bicyclic) bond motifs is 1. The van der Waals surface area contributed by atoms with Crippen molar-refractivity contribution >= 4 is 60.3 Å². The Morgan fingerprint density at radius 1 is 1.11 bits per heavy atom. The molecule has 0 radical (unpaired) electrons. The third kappa shape index (κ3) is 8.17. The molecule has 0 saturated carbocycles. The first kappa shape index (κ1) is 26.4. The number of alkyl halides is 2. The lowest BCUT2D eigenvalue weighted by Crippen LogP contribution is -2.41. The molecule has 0 spiro atoms. The number of carboxylic acids is 1. The number of benzene rings is 1. The van der Waals surface area contributed by atoms with E-state index in [1.54, 1.807) is 24.4 Å². The minimum absolute atomic E-state index is 0.0509. The topological polar surface area (TPSA) is 133 Å². The zero-order valence-electron chi connectivity index (χ0n) is 16.1. The van der Waals surface area contributed by atoms with Crippen LogP contribution in [0.5, 0.6) is 0 Å². The minimum atomic E-state index is -1.62. The van der Waals surface area contributed by atoms with E-state index in [0.717, 1.165) is 10.9 Å². The van der Waals surface area contributed by atoms with Crippen LogP contribution < -0.4 is 5.32 Å². The molecule has 0 aliphatic rings. The second kappa shape index (κ2) is 12.1. The minimum Gasteiger partial charge on any atom is -0.479 e. The Morgan fingerprint density at radius 2 is 1.68 bits per heavy atom. The molecule has 1 amide bonds. The number of hydrogen-bond donors (Lipinski definition) is 4. The first-order valence-corrected chi connectivity index (χ1v) is 10.6. The molecule has 0 bridgehead atoms. The van der Waals surface area contributed by atoms with E-state index >= 15 is 0 Å². The van der Waals surface area contributed by atoms with Gasteiger partial charge in [-0.3, -0.25) is 4.79 Å². The van der Waals surface area contributed by atoms with Gasteiger partial charge >= 0.3 is 5.97 Å². The van der Waals surface area contributed by atoms with Crippen molar-refractivity contribution in [3.05, 3.63) is 30.7 Å². The summed E-state index contributed by atoms with van der Waals surface area (Å²) < 4.78 is 0. The van der Waals surface area contributed by atoms with Crippen molar-refractivity contribution in [3.63, 3.8) is 0 Å². The van der Waals surface area contributed by atoms with Gasteiger partial charge in [0.1, 0.15) is 11.9 Å². The van der Waals surface area contributed by atoms with E-state index in [9.17, 15) is 14.7 Å². The van der Waals surface area contributed by atoms with Crippen LogP contribution in [0.25, 0.3) is 10.9 Å². The SMILES string of the molecule is CC.C[C@](O)(CBr)C(=O)Nc1ccc2ncncc2c1.C[C@](O)(CBr)C(=O)O. The van der Waals surface area contributed by atoms with Crippen LogP contribution in [0.1, 0.15) is 27.7 Å². The molecule has 156 valence electrons. The van der Waals surface area contributed by atoms with Crippen molar-refractivity contribution in [2.45, 2.75) is 38.9 Å². The van der Waals surface area contributed by atoms with Crippen LogP contribution in [0, 0.1) is 0 Å². The van der Waals surface area contributed by atoms with E-state index in [4.69, 9.17) is 10.2 Å². The molecule has 8 nitrogen and oxygen atoms in total. The molecule has 2 atom stereocenters. The fourth-order valence-corrected chi connectivity index (χ4v) is 1.94. The summed E-state index contributed by atoms with van der Waals surface area (Å²) in [4.78, 5) is 29.8. The van der Waals surface area contributed by atoms with Crippen LogP contribution in [0.4, 0.5) is 5.69 Å².